The lowest BCUT2D eigenvalue weighted by Gasteiger charge is -2.05. The zero-order valence-corrected chi connectivity index (χ0v) is 13.9. The third kappa shape index (κ3) is 2.13. The molecule has 3 rings (SSSR count). The molecule has 3 N–H and O–H groups in total. The normalized spacial score (nSPS) is 11.2. The highest BCUT2D eigenvalue weighted by Crippen LogP contribution is 2.36. The molecule has 1 aromatic heterocycles. The maximum atomic E-state index is 11.9. The number of H-pyrrole nitrogens is 1. The molecule has 22 heavy (non-hydrogen) atoms. The van der Waals surface area contributed by atoms with Crippen molar-refractivity contribution in [3.8, 4) is 0 Å². The molecule has 1 amide bonds. The van der Waals surface area contributed by atoms with Crippen LogP contribution in [0.4, 0.5) is 0 Å². The van der Waals surface area contributed by atoms with Crippen molar-refractivity contribution in [1.82, 2.24) is 4.98 Å². The molecule has 0 unspecified atom stereocenters. The van der Waals surface area contributed by atoms with E-state index in [9.17, 15) is 9.59 Å². The molecule has 0 atom stereocenters. The first kappa shape index (κ1) is 14.8. The number of carbonyl (C=O) groups is 2. The monoisotopic (exact) mass is 358 g/mol. The summed E-state index contributed by atoms with van der Waals surface area (Å²) < 4.78 is 0.924. The minimum Gasteiger partial charge on any atom is -0.366 e. The highest BCUT2D eigenvalue weighted by atomic mass is 79.9. The van der Waals surface area contributed by atoms with E-state index in [-0.39, 0.29) is 5.78 Å². The van der Waals surface area contributed by atoms with Crippen molar-refractivity contribution in [2.45, 2.75) is 20.3 Å². The summed E-state index contributed by atoms with van der Waals surface area (Å²) in [5.41, 5.74) is 9.07. The molecule has 0 saturated carbocycles. The molecule has 0 saturated heterocycles. The first-order valence-electron chi connectivity index (χ1n) is 7.01. The predicted octanol–water partition coefficient (Wildman–Crippen LogP) is 4.08. The third-order valence-corrected chi connectivity index (χ3v) is 4.92. The summed E-state index contributed by atoms with van der Waals surface area (Å²) >= 11 is 3.59. The Kier molecular flexibility index (Phi) is 3.53. The first-order chi connectivity index (χ1) is 10.4. The van der Waals surface area contributed by atoms with Crippen molar-refractivity contribution in [1.29, 1.82) is 0 Å². The number of aromatic amines is 1. The van der Waals surface area contributed by atoms with Crippen LogP contribution in [0.15, 0.2) is 28.7 Å². The fourth-order valence-corrected chi connectivity index (χ4v) is 3.27. The van der Waals surface area contributed by atoms with E-state index < -0.39 is 5.91 Å². The number of Topliss-reactive ketones (excluding diaryl/α,β-unsaturated/α-hetero) is 1. The number of fused-ring (bicyclic) bond motifs is 3. The summed E-state index contributed by atoms with van der Waals surface area (Å²) in [6.45, 7) is 3.76. The van der Waals surface area contributed by atoms with Gasteiger partial charge in [0.25, 0.3) is 5.91 Å². The molecule has 0 bridgehead atoms. The number of rotatable bonds is 3. The summed E-state index contributed by atoms with van der Waals surface area (Å²) in [5, 5.41) is 1.88. The van der Waals surface area contributed by atoms with Crippen molar-refractivity contribution in [2.24, 2.45) is 5.73 Å². The number of aromatic nitrogens is 1. The zero-order chi connectivity index (χ0) is 16.0. The van der Waals surface area contributed by atoms with Gasteiger partial charge >= 0.3 is 0 Å². The Morgan fingerprint density at radius 1 is 1.27 bits per heavy atom. The Morgan fingerprint density at radius 2 is 2.00 bits per heavy atom. The average molecular weight is 359 g/mol. The first-order valence-corrected chi connectivity index (χ1v) is 7.80. The van der Waals surface area contributed by atoms with Crippen LogP contribution in [0.5, 0.6) is 0 Å². The lowest BCUT2D eigenvalue weighted by atomic mass is 10.0. The van der Waals surface area contributed by atoms with Crippen LogP contribution in [-0.4, -0.2) is 16.7 Å². The predicted molar refractivity (Wildman–Crippen MR) is 91.4 cm³/mol. The van der Waals surface area contributed by atoms with Crippen molar-refractivity contribution in [2.75, 3.05) is 0 Å². The van der Waals surface area contributed by atoms with Crippen LogP contribution in [0, 0.1) is 6.92 Å². The molecular formula is C17H15BrN2O2. The topological polar surface area (TPSA) is 75.9 Å². The number of hydrogen-bond donors (Lipinski definition) is 2. The van der Waals surface area contributed by atoms with Crippen LogP contribution in [0.1, 0.15) is 39.6 Å². The standard InChI is InChI=1S/C17H15BrN2O2/c1-3-13(21)9-4-5-10-12(7-9)20-16-11(17(19)22)6-8(2)15(18)14(10)16/h4-7,20H,3H2,1-2H3,(H2,19,22). The molecular weight excluding hydrogens is 344 g/mol. The molecule has 0 spiro atoms. The van der Waals surface area contributed by atoms with Gasteiger partial charge in [0.1, 0.15) is 0 Å². The molecule has 0 aliphatic carbocycles. The Morgan fingerprint density at radius 3 is 2.64 bits per heavy atom. The minimum absolute atomic E-state index is 0.0888. The van der Waals surface area contributed by atoms with Gasteiger partial charge in [-0.1, -0.05) is 19.1 Å². The molecule has 0 aliphatic heterocycles. The SMILES string of the molecule is CCC(=O)c1ccc2c(c1)[nH]c1c(C(N)=O)cc(C)c(Br)c12. The van der Waals surface area contributed by atoms with Crippen LogP contribution in [0.2, 0.25) is 0 Å². The Bertz CT molecular complexity index is 941. The minimum atomic E-state index is -0.475. The summed E-state index contributed by atoms with van der Waals surface area (Å²) in [5.74, 6) is -0.386. The molecule has 3 aromatic rings. The maximum Gasteiger partial charge on any atom is 0.250 e. The number of amides is 1. The van der Waals surface area contributed by atoms with Gasteiger partial charge in [-0.2, -0.15) is 0 Å². The average Bonchev–Trinajstić information content (AvgIpc) is 2.88. The van der Waals surface area contributed by atoms with Crippen LogP contribution in [-0.2, 0) is 0 Å². The Hall–Kier alpha value is -2.14. The summed E-state index contributed by atoms with van der Waals surface area (Å²) in [7, 11) is 0. The van der Waals surface area contributed by atoms with Crippen LogP contribution >= 0.6 is 15.9 Å². The van der Waals surface area contributed by atoms with Crippen molar-refractivity contribution < 1.29 is 9.59 Å². The largest absolute Gasteiger partial charge is 0.366 e. The molecule has 2 aromatic carbocycles. The van der Waals surface area contributed by atoms with Gasteiger partial charge in [0, 0.05) is 32.7 Å². The summed E-state index contributed by atoms with van der Waals surface area (Å²) in [6.07, 6.45) is 0.459. The number of nitrogens with one attached hydrogen (secondary N) is 1. The second-order valence-corrected chi connectivity index (χ2v) is 6.12. The third-order valence-electron chi connectivity index (χ3n) is 3.90. The van der Waals surface area contributed by atoms with E-state index in [2.05, 4.69) is 20.9 Å². The quantitative estimate of drug-likeness (QED) is 0.692. The van der Waals surface area contributed by atoms with E-state index in [4.69, 9.17) is 5.73 Å². The van der Waals surface area contributed by atoms with E-state index in [0.717, 1.165) is 26.3 Å². The molecule has 0 fully saturated rings. The number of ketones is 1. The second-order valence-electron chi connectivity index (χ2n) is 5.33. The van der Waals surface area contributed by atoms with Crippen LogP contribution < -0.4 is 5.73 Å². The highest BCUT2D eigenvalue weighted by molar-refractivity contribution is 9.10. The summed E-state index contributed by atoms with van der Waals surface area (Å²) in [6, 6.07) is 7.32. The Labute approximate surface area is 135 Å². The lowest BCUT2D eigenvalue weighted by Crippen LogP contribution is -2.12. The van der Waals surface area contributed by atoms with Crippen LogP contribution in [0.3, 0.4) is 0 Å². The van der Waals surface area contributed by atoms with Gasteiger partial charge in [-0.25, -0.2) is 0 Å². The fraction of sp³-hybridized carbons (Fsp3) is 0.176. The summed E-state index contributed by atoms with van der Waals surface area (Å²) in [4.78, 5) is 26.8. The van der Waals surface area contributed by atoms with Gasteiger partial charge in [0.15, 0.2) is 5.78 Å². The lowest BCUT2D eigenvalue weighted by molar-refractivity contribution is 0.0984. The second kappa shape index (κ2) is 5.25. The molecule has 5 heteroatoms. The molecule has 0 radical (unpaired) electrons. The number of halogens is 1. The molecule has 4 nitrogen and oxygen atoms in total. The van der Waals surface area contributed by atoms with E-state index in [1.807, 2.05) is 32.0 Å². The smallest absolute Gasteiger partial charge is 0.250 e. The van der Waals surface area contributed by atoms with Gasteiger partial charge < -0.3 is 10.7 Å². The number of primary amides is 1. The number of nitrogens with two attached hydrogens (primary N) is 1. The van der Waals surface area contributed by atoms with Crippen molar-refractivity contribution in [3.63, 3.8) is 0 Å². The fourth-order valence-electron chi connectivity index (χ4n) is 2.75. The molecule has 112 valence electrons. The van der Waals surface area contributed by atoms with E-state index >= 15 is 0 Å². The van der Waals surface area contributed by atoms with E-state index in [1.165, 1.54) is 0 Å². The number of benzene rings is 2. The number of hydrogen-bond acceptors (Lipinski definition) is 2. The van der Waals surface area contributed by atoms with Gasteiger partial charge in [0.05, 0.1) is 11.1 Å². The number of aryl methyl sites for hydroxylation is 1. The van der Waals surface area contributed by atoms with Crippen molar-refractivity contribution >= 4 is 49.4 Å². The molecule has 1 heterocycles. The van der Waals surface area contributed by atoms with Gasteiger partial charge in [-0.3, -0.25) is 9.59 Å². The van der Waals surface area contributed by atoms with Crippen molar-refractivity contribution in [3.05, 3.63) is 45.4 Å². The van der Waals surface area contributed by atoms with Gasteiger partial charge in [0.2, 0.25) is 0 Å². The van der Waals surface area contributed by atoms with Gasteiger partial charge in [-0.15, -0.1) is 0 Å². The van der Waals surface area contributed by atoms with E-state index in [1.54, 1.807) is 6.07 Å². The maximum absolute atomic E-state index is 11.9. The molecule has 0 aliphatic rings. The Balaban J connectivity index is 2.43. The number of carbonyl (C=O) groups excluding carboxylic acids is 2. The van der Waals surface area contributed by atoms with Gasteiger partial charge in [-0.05, 0) is 40.5 Å². The highest BCUT2D eigenvalue weighted by Gasteiger charge is 2.17. The van der Waals surface area contributed by atoms with Crippen LogP contribution in [0.25, 0.3) is 21.8 Å². The van der Waals surface area contributed by atoms with E-state index in [0.29, 0.717) is 23.1 Å². The zero-order valence-electron chi connectivity index (χ0n) is 12.3.